The molecule has 0 aromatic carbocycles. The lowest BCUT2D eigenvalue weighted by atomic mass is 10.1. The maximum atomic E-state index is 13.0. The number of phosphoric ester groups is 2. The minimum atomic E-state index is -4.99. The van der Waals surface area contributed by atoms with Gasteiger partial charge in [-0.3, -0.25) is 37.3 Å². The fourth-order valence-corrected chi connectivity index (χ4v) is 11.1. The summed E-state index contributed by atoms with van der Waals surface area (Å²) < 4.78 is 68.1. The first kappa shape index (κ1) is 90.0. The van der Waals surface area contributed by atoms with Crippen molar-refractivity contribution in [1.29, 1.82) is 0 Å². The molecule has 3 N–H and O–H groups in total. The molecule has 0 amide bonds. The third-order valence-electron chi connectivity index (χ3n) is 15.0. The number of phosphoric acid groups is 2. The molecule has 19 heteroatoms. The van der Waals surface area contributed by atoms with Gasteiger partial charge in [0.1, 0.15) is 19.3 Å². The number of aliphatic hydroxyl groups excluding tert-OH is 1. The van der Waals surface area contributed by atoms with E-state index in [-0.39, 0.29) is 25.7 Å². The first-order chi connectivity index (χ1) is 45.7. The van der Waals surface area contributed by atoms with Crippen LogP contribution in [-0.2, 0) is 65.4 Å². The predicted molar refractivity (Wildman–Crippen MR) is 381 cm³/mol. The molecule has 0 radical (unpaired) electrons. The highest BCUT2D eigenvalue weighted by atomic mass is 31.2. The van der Waals surface area contributed by atoms with Gasteiger partial charge in [0.2, 0.25) is 0 Å². The molecule has 0 heterocycles. The highest BCUT2D eigenvalue weighted by Gasteiger charge is 2.30. The number of ether oxygens (including phenoxy) is 4. The van der Waals surface area contributed by atoms with Gasteiger partial charge in [-0.1, -0.05) is 266 Å². The summed E-state index contributed by atoms with van der Waals surface area (Å²) in [6.07, 6.45) is 68.7. The molecule has 0 aliphatic rings. The van der Waals surface area contributed by atoms with Crippen molar-refractivity contribution in [2.24, 2.45) is 0 Å². The maximum absolute atomic E-state index is 13.0. The van der Waals surface area contributed by atoms with Gasteiger partial charge in [-0.2, -0.15) is 0 Å². The number of allylic oxidation sites excluding steroid dienone is 15. The molecule has 542 valence electrons. The largest absolute Gasteiger partial charge is 0.472 e. The van der Waals surface area contributed by atoms with Crippen molar-refractivity contribution in [3.8, 4) is 0 Å². The van der Waals surface area contributed by atoms with Gasteiger partial charge in [-0.25, -0.2) is 9.13 Å². The Labute approximate surface area is 569 Å². The van der Waals surface area contributed by atoms with Crippen molar-refractivity contribution in [3.05, 3.63) is 97.2 Å². The quantitative estimate of drug-likeness (QED) is 0.0169. The van der Waals surface area contributed by atoms with Crippen LogP contribution in [0.5, 0.6) is 0 Å². The van der Waals surface area contributed by atoms with Gasteiger partial charge in [0, 0.05) is 19.3 Å². The van der Waals surface area contributed by atoms with Gasteiger partial charge in [-0.15, -0.1) is 0 Å². The van der Waals surface area contributed by atoms with Crippen LogP contribution in [0.15, 0.2) is 97.2 Å². The molecule has 17 nitrogen and oxygen atoms in total. The van der Waals surface area contributed by atoms with Crippen molar-refractivity contribution in [1.82, 2.24) is 0 Å². The van der Waals surface area contributed by atoms with E-state index in [1.165, 1.54) is 77.0 Å². The van der Waals surface area contributed by atoms with Crippen LogP contribution in [0.3, 0.4) is 0 Å². The summed E-state index contributed by atoms with van der Waals surface area (Å²) in [5, 5.41) is 10.6. The Morgan fingerprint density at radius 2 is 0.617 bits per heavy atom. The van der Waals surface area contributed by atoms with E-state index in [1.54, 1.807) is 6.08 Å². The standard InChI is InChI=1S/C75H130O17P2/c1-5-9-13-17-21-25-29-32-34-37-40-43-47-51-55-59-72(77)85-65-70(91-74(79)61-57-53-49-45-39-28-24-20-16-12-8-4)67-89-93(81,82)87-63-69(76)64-88-94(83,84)90-68-71(92-75(80)62-58-54-50-46-42-36-31-27-23-19-15-11-7-3)66-86-73(78)60-56-52-48-44-41-38-35-33-30-26-22-18-14-10-6-2/h10,14-15,19,22,26-27,31-35,41,44,52,56,69-71,76H,5-9,11-13,16-18,20-21,23-25,28-30,36-40,42-43,45-51,53-55,57-68H2,1-4H3,(H,81,82)(H,83,84)/b14-10-,19-15-,26-22-,31-27-,34-32-,35-33-,44-41-,56-52-. The van der Waals surface area contributed by atoms with Crippen LogP contribution in [0.1, 0.15) is 297 Å². The van der Waals surface area contributed by atoms with Gasteiger partial charge >= 0.3 is 39.5 Å². The molecular weight excluding hydrogens is 1230 g/mol. The Morgan fingerprint density at radius 3 is 1.00 bits per heavy atom. The zero-order chi connectivity index (χ0) is 69.0. The molecule has 0 aliphatic carbocycles. The summed E-state index contributed by atoms with van der Waals surface area (Å²) >= 11 is 0. The Bertz CT molecular complexity index is 2170. The van der Waals surface area contributed by atoms with Crippen LogP contribution in [0.4, 0.5) is 0 Å². The molecule has 0 fully saturated rings. The maximum Gasteiger partial charge on any atom is 0.472 e. The van der Waals surface area contributed by atoms with Crippen molar-refractivity contribution >= 4 is 39.5 Å². The zero-order valence-electron chi connectivity index (χ0n) is 58.9. The summed E-state index contributed by atoms with van der Waals surface area (Å²) in [5.74, 6) is -2.34. The molecular formula is C75H130O17P2. The van der Waals surface area contributed by atoms with E-state index in [9.17, 15) is 43.2 Å². The molecule has 0 aliphatic heterocycles. The summed E-state index contributed by atoms with van der Waals surface area (Å²) in [7, 11) is -9.96. The normalized spacial score (nSPS) is 14.6. The number of hydrogen-bond acceptors (Lipinski definition) is 15. The third kappa shape index (κ3) is 66.6. The van der Waals surface area contributed by atoms with Crippen molar-refractivity contribution < 1.29 is 80.2 Å². The number of hydrogen-bond donors (Lipinski definition) is 3. The average molecular weight is 1370 g/mol. The summed E-state index contributed by atoms with van der Waals surface area (Å²) in [5.41, 5.74) is 0. The van der Waals surface area contributed by atoms with Crippen molar-refractivity contribution in [3.63, 3.8) is 0 Å². The molecule has 94 heavy (non-hydrogen) atoms. The number of carbonyl (C=O) groups is 4. The Balaban J connectivity index is 5.39. The van der Waals surface area contributed by atoms with Crippen molar-refractivity contribution in [2.75, 3.05) is 39.6 Å². The van der Waals surface area contributed by atoms with Crippen LogP contribution in [0, 0.1) is 0 Å². The molecule has 0 rings (SSSR count). The smallest absolute Gasteiger partial charge is 0.462 e. The van der Waals surface area contributed by atoms with Crippen LogP contribution in [-0.4, -0.2) is 96.7 Å². The first-order valence-electron chi connectivity index (χ1n) is 36.5. The molecule has 5 atom stereocenters. The van der Waals surface area contributed by atoms with E-state index in [0.29, 0.717) is 25.7 Å². The minimum absolute atomic E-state index is 0.0589. The van der Waals surface area contributed by atoms with Crippen LogP contribution < -0.4 is 0 Å². The fraction of sp³-hybridized carbons (Fsp3) is 0.733. The molecule has 5 unspecified atom stereocenters. The summed E-state index contributed by atoms with van der Waals surface area (Å²) in [6.45, 7) is 4.54. The van der Waals surface area contributed by atoms with E-state index in [2.05, 4.69) is 101 Å². The first-order valence-corrected chi connectivity index (χ1v) is 39.5. The molecule has 0 saturated heterocycles. The second-order valence-electron chi connectivity index (χ2n) is 24.2. The van der Waals surface area contributed by atoms with E-state index < -0.39 is 97.5 Å². The number of aliphatic hydroxyl groups is 1. The number of carbonyl (C=O) groups excluding carboxylic acids is 4. The molecule has 0 aromatic rings. The van der Waals surface area contributed by atoms with E-state index in [0.717, 1.165) is 141 Å². The third-order valence-corrected chi connectivity index (χ3v) is 16.9. The van der Waals surface area contributed by atoms with Gasteiger partial charge < -0.3 is 33.8 Å². The average Bonchev–Trinajstić information content (AvgIpc) is 1.55. The lowest BCUT2D eigenvalue weighted by Crippen LogP contribution is -2.30. The molecule has 0 bridgehead atoms. The van der Waals surface area contributed by atoms with E-state index in [1.807, 2.05) is 18.2 Å². The van der Waals surface area contributed by atoms with Gasteiger partial charge in [0.15, 0.2) is 12.2 Å². The van der Waals surface area contributed by atoms with Gasteiger partial charge in [-0.05, 0) is 103 Å². The summed E-state index contributed by atoms with van der Waals surface area (Å²) in [4.78, 5) is 72.6. The number of unbranched alkanes of at least 4 members (excludes halogenated alkanes) is 27. The molecule has 0 aromatic heterocycles. The Hall–Kier alpha value is -4.02. The van der Waals surface area contributed by atoms with Crippen LogP contribution >= 0.6 is 15.6 Å². The van der Waals surface area contributed by atoms with Crippen molar-refractivity contribution in [2.45, 2.75) is 316 Å². The highest BCUT2D eigenvalue weighted by Crippen LogP contribution is 2.45. The van der Waals surface area contributed by atoms with Gasteiger partial charge in [0.25, 0.3) is 0 Å². The number of rotatable bonds is 68. The van der Waals surface area contributed by atoms with E-state index >= 15 is 0 Å². The highest BCUT2D eigenvalue weighted by molar-refractivity contribution is 7.47. The Morgan fingerprint density at radius 1 is 0.319 bits per heavy atom. The zero-order valence-corrected chi connectivity index (χ0v) is 60.7. The predicted octanol–water partition coefficient (Wildman–Crippen LogP) is 20.4. The lowest BCUT2D eigenvalue weighted by Gasteiger charge is -2.21. The minimum Gasteiger partial charge on any atom is -0.462 e. The number of esters is 4. The second kappa shape index (κ2) is 67.5. The SMILES string of the molecule is CC/C=C\C/C=C\C/C=C\C/C=C\C/C=C\CC(=O)OCC(COP(=O)(O)OCC(O)COP(=O)(O)OCC(COC(=O)CCCCCCC/C=C\CCCCCCCC)OC(=O)CCCCCCCCCCCCC)OC(=O)CCCCCCC/C=C\C/C=C\CCC. The molecule has 0 spiro atoms. The fourth-order valence-electron chi connectivity index (χ4n) is 9.50. The van der Waals surface area contributed by atoms with Gasteiger partial charge in [0.05, 0.1) is 32.8 Å². The van der Waals surface area contributed by atoms with Crippen LogP contribution in [0.2, 0.25) is 0 Å². The lowest BCUT2D eigenvalue weighted by molar-refractivity contribution is -0.161. The Kier molecular flexibility index (Phi) is 64.7. The topological polar surface area (TPSA) is 237 Å². The van der Waals surface area contributed by atoms with E-state index in [4.69, 9.17) is 37.0 Å². The van der Waals surface area contributed by atoms with Crippen LogP contribution in [0.25, 0.3) is 0 Å². The monoisotopic (exact) mass is 1360 g/mol. The summed E-state index contributed by atoms with van der Waals surface area (Å²) in [6, 6.07) is 0. The second-order valence-corrected chi connectivity index (χ2v) is 27.1. The molecule has 0 saturated carbocycles.